The Bertz CT molecular complexity index is 1640. The number of Topliss-reactive ketones (excluding diaryl/α,β-unsaturated/α-hetero) is 2. The van der Waals surface area contributed by atoms with Gasteiger partial charge in [-0.3, -0.25) is 24.4 Å². The van der Waals surface area contributed by atoms with Crippen molar-refractivity contribution in [3.05, 3.63) is 40.6 Å². The Morgan fingerprint density at radius 2 is 1.85 bits per heavy atom. The topological polar surface area (TPSA) is 173 Å². The number of rotatable bonds is 13. The second-order valence-electron chi connectivity index (χ2n) is 15.3. The van der Waals surface area contributed by atoms with Gasteiger partial charge in [0.15, 0.2) is 11.9 Å². The number of ketones is 2. The summed E-state index contributed by atoms with van der Waals surface area (Å²) in [6.45, 7) is 7.13. The Morgan fingerprint density at radius 1 is 1.09 bits per heavy atom. The second-order valence-corrected chi connectivity index (χ2v) is 15.3. The third-order valence-electron chi connectivity index (χ3n) is 11.0. The summed E-state index contributed by atoms with van der Waals surface area (Å²) in [6.07, 6.45) is 6.18. The number of nitro benzene ring substituents is 1. The lowest BCUT2D eigenvalue weighted by atomic mass is 9.81. The molecule has 2 aliphatic heterocycles. The molecular formula is C38H52FN5O9. The number of alkyl halides is 1. The molecule has 3 unspecified atom stereocenters. The molecule has 1 amide bonds. The summed E-state index contributed by atoms with van der Waals surface area (Å²) in [5.41, 5.74) is -2.87. The van der Waals surface area contributed by atoms with E-state index in [1.165, 1.54) is 36.3 Å². The van der Waals surface area contributed by atoms with Crippen molar-refractivity contribution in [2.24, 2.45) is 11.8 Å². The molecule has 53 heavy (non-hydrogen) atoms. The van der Waals surface area contributed by atoms with Crippen LogP contribution in [-0.2, 0) is 35.1 Å². The fourth-order valence-corrected chi connectivity index (χ4v) is 7.64. The molecule has 0 radical (unpaired) electrons. The maximum atomic E-state index is 16.1. The van der Waals surface area contributed by atoms with Crippen LogP contribution in [0.5, 0.6) is 0 Å². The van der Waals surface area contributed by atoms with Gasteiger partial charge in [0.05, 0.1) is 22.8 Å². The first-order valence-corrected chi connectivity index (χ1v) is 18.9. The van der Waals surface area contributed by atoms with Crippen LogP contribution >= 0.6 is 0 Å². The fraction of sp³-hybridized carbons (Fsp3) is 0.684. The van der Waals surface area contributed by atoms with E-state index in [0.29, 0.717) is 49.6 Å². The molecule has 1 aromatic heterocycles. The summed E-state index contributed by atoms with van der Waals surface area (Å²) in [5.74, 6) is -2.58. The molecule has 3 heterocycles. The number of hydrogen-bond acceptors (Lipinski definition) is 11. The zero-order valence-electron chi connectivity index (χ0n) is 31.2. The number of unbranched alkanes of at least 4 members (excludes halogenated alkanes) is 1. The van der Waals surface area contributed by atoms with Gasteiger partial charge in [0.1, 0.15) is 17.6 Å². The van der Waals surface area contributed by atoms with E-state index in [-0.39, 0.29) is 43.7 Å². The number of halogens is 1. The van der Waals surface area contributed by atoms with E-state index in [0.717, 1.165) is 19.8 Å². The van der Waals surface area contributed by atoms with Gasteiger partial charge >= 0.3 is 12.1 Å². The minimum Gasteiger partial charge on any atom is -0.456 e. The average molecular weight is 742 g/mol. The molecule has 0 bridgehead atoms. The van der Waals surface area contributed by atoms with E-state index in [1.54, 1.807) is 36.9 Å². The lowest BCUT2D eigenvalue weighted by Crippen LogP contribution is -2.50. The highest BCUT2D eigenvalue weighted by Gasteiger charge is 2.52. The summed E-state index contributed by atoms with van der Waals surface area (Å²) in [5, 5.41) is 19.4. The summed E-state index contributed by atoms with van der Waals surface area (Å²) < 4.78 is 35.3. The molecule has 0 spiro atoms. The minimum atomic E-state index is -2.94. The van der Waals surface area contributed by atoms with Crippen molar-refractivity contribution in [1.82, 2.24) is 19.9 Å². The molecule has 5 rings (SSSR count). The molecule has 6 atom stereocenters. The zero-order valence-corrected chi connectivity index (χ0v) is 31.2. The Labute approximate surface area is 309 Å². The van der Waals surface area contributed by atoms with Crippen LogP contribution in [0.25, 0.3) is 11.3 Å². The van der Waals surface area contributed by atoms with E-state index in [4.69, 9.17) is 14.2 Å². The van der Waals surface area contributed by atoms with E-state index in [9.17, 15) is 29.3 Å². The van der Waals surface area contributed by atoms with Gasteiger partial charge in [0.25, 0.3) is 11.4 Å². The van der Waals surface area contributed by atoms with Crippen molar-refractivity contribution in [2.75, 3.05) is 13.2 Å². The number of nitro groups is 1. The number of benzene rings is 1. The molecule has 15 heteroatoms. The van der Waals surface area contributed by atoms with Crippen molar-refractivity contribution in [3.63, 3.8) is 0 Å². The van der Waals surface area contributed by atoms with Crippen LogP contribution in [0.1, 0.15) is 105 Å². The first kappa shape index (κ1) is 39.9. The Balaban J connectivity index is 1.27. The van der Waals surface area contributed by atoms with Crippen LogP contribution in [0.15, 0.2) is 30.5 Å². The van der Waals surface area contributed by atoms with E-state index < -0.39 is 58.2 Å². The van der Waals surface area contributed by atoms with E-state index in [2.05, 4.69) is 10.3 Å². The second kappa shape index (κ2) is 17.3. The highest BCUT2D eigenvalue weighted by molar-refractivity contribution is 6.07. The van der Waals surface area contributed by atoms with Crippen LogP contribution in [0.2, 0.25) is 0 Å². The van der Waals surface area contributed by atoms with Crippen LogP contribution in [0.3, 0.4) is 0 Å². The minimum absolute atomic E-state index is 0.0530. The smallest absolute Gasteiger partial charge is 0.410 e. The van der Waals surface area contributed by atoms with Gasteiger partial charge < -0.3 is 19.1 Å². The Kier molecular flexibility index (Phi) is 13.0. The van der Waals surface area contributed by atoms with E-state index in [1.807, 2.05) is 6.92 Å². The van der Waals surface area contributed by atoms with E-state index >= 15 is 4.39 Å². The highest BCUT2D eigenvalue weighted by Crippen LogP contribution is 2.36. The molecular weight excluding hydrogens is 689 g/mol. The lowest BCUT2D eigenvalue weighted by molar-refractivity contribution is -0.384. The Hall–Kier alpha value is -4.27. The largest absolute Gasteiger partial charge is 0.456 e. The number of amides is 1. The summed E-state index contributed by atoms with van der Waals surface area (Å²) >= 11 is 0. The molecule has 14 nitrogen and oxygen atoms in total. The number of esters is 1. The Morgan fingerprint density at radius 3 is 2.55 bits per heavy atom. The SMILES string of the molecule is CCC1OC(=O)[C@@](C)(F)C(=O)C(C)C[C@@](C)(OCCCC2CCC2)CCC(=O)C[C@H]2C1OC(=O)N2CCCCn1cc(-c2cccc([N+](=O)[O-])c2)nn1. The van der Waals surface area contributed by atoms with Crippen molar-refractivity contribution in [1.29, 1.82) is 0 Å². The number of nitrogens with zero attached hydrogens (tertiary/aromatic N) is 5. The number of ether oxygens (including phenoxy) is 3. The first-order chi connectivity index (χ1) is 25.2. The van der Waals surface area contributed by atoms with Crippen molar-refractivity contribution in [3.8, 4) is 11.3 Å². The normalized spacial score (nSPS) is 28.9. The monoisotopic (exact) mass is 741 g/mol. The lowest BCUT2D eigenvalue weighted by Gasteiger charge is -2.35. The van der Waals surface area contributed by atoms with Gasteiger partial charge in [-0.05, 0) is 64.7 Å². The number of non-ortho nitro benzene ring substituents is 1. The van der Waals surface area contributed by atoms with Crippen LogP contribution in [-0.4, -0.2) is 91.1 Å². The number of carbonyl (C=O) groups excluding carboxylic acids is 4. The average Bonchev–Trinajstić information content (AvgIpc) is 3.70. The van der Waals surface area contributed by atoms with Crippen LogP contribution in [0.4, 0.5) is 14.9 Å². The fourth-order valence-electron chi connectivity index (χ4n) is 7.64. The molecule has 2 saturated heterocycles. The van der Waals surface area contributed by atoms with Crippen molar-refractivity contribution in [2.45, 2.75) is 141 Å². The quantitative estimate of drug-likeness (QED) is 0.0714. The predicted octanol–water partition coefficient (Wildman–Crippen LogP) is 6.58. The first-order valence-electron chi connectivity index (χ1n) is 18.9. The predicted molar refractivity (Wildman–Crippen MR) is 190 cm³/mol. The van der Waals surface area contributed by atoms with Crippen LogP contribution in [0, 0.1) is 22.0 Å². The van der Waals surface area contributed by atoms with Crippen molar-refractivity contribution >= 4 is 29.3 Å². The number of aromatic nitrogens is 3. The third-order valence-corrected chi connectivity index (χ3v) is 11.0. The molecule has 1 saturated carbocycles. The number of carbonyl (C=O) groups is 4. The number of cyclic esters (lactones) is 1. The molecule has 0 N–H and O–H groups in total. The number of hydrogen-bond donors (Lipinski definition) is 0. The van der Waals surface area contributed by atoms with Gasteiger partial charge in [0, 0.05) is 56.2 Å². The molecule has 3 aliphatic rings. The van der Waals surface area contributed by atoms with Crippen molar-refractivity contribution < 1.29 is 42.7 Å². The highest BCUT2D eigenvalue weighted by atomic mass is 19.1. The maximum absolute atomic E-state index is 16.1. The molecule has 1 aliphatic carbocycles. The number of fused-ring (bicyclic) bond motifs is 1. The number of aryl methyl sites for hydroxylation is 1. The van der Waals surface area contributed by atoms with Gasteiger partial charge in [-0.15, -0.1) is 5.10 Å². The van der Waals surface area contributed by atoms with Gasteiger partial charge in [0.2, 0.25) is 0 Å². The summed E-state index contributed by atoms with van der Waals surface area (Å²) in [4.78, 5) is 65.9. The third kappa shape index (κ3) is 9.84. The summed E-state index contributed by atoms with van der Waals surface area (Å²) in [7, 11) is 0. The maximum Gasteiger partial charge on any atom is 0.410 e. The molecule has 1 aromatic carbocycles. The standard InChI is InChI=1S/C38H52FN5O9/c1-5-32-33-31(43(36(48)53-33)19-7-6-18-42-24-30(40-41-42)27-14-9-15-28(21-27)44(49)50)22-29(45)16-17-37(3,51-20-10-13-26-11-8-12-26)23-25(2)34(46)38(4,39)35(47)52-32/h9,14-15,21,24-26,31-33H,5-8,10-13,16-20,22-23H2,1-4H3/t25?,31-,32?,33?,37-,38-/m0/s1. The molecule has 290 valence electrons. The van der Waals surface area contributed by atoms with Gasteiger partial charge in [-0.25, -0.2) is 14.0 Å². The molecule has 2 aromatic rings. The zero-order chi connectivity index (χ0) is 38.3. The van der Waals surface area contributed by atoms with Gasteiger partial charge in [-0.1, -0.05) is 50.5 Å². The van der Waals surface area contributed by atoms with Gasteiger partial charge in [-0.2, -0.15) is 0 Å². The molecule has 3 fully saturated rings. The summed E-state index contributed by atoms with van der Waals surface area (Å²) in [6, 6.07) is 5.33. The van der Waals surface area contributed by atoms with Crippen LogP contribution < -0.4 is 0 Å².